The van der Waals surface area contributed by atoms with E-state index < -0.39 is 0 Å². The van der Waals surface area contributed by atoms with Gasteiger partial charge in [0, 0.05) is 5.56 Å². The molecule has 0 amide bonds. The highest BCUT2D eigenvalue weighted by Gasteiger charge is 2.06. The summed E-state index contributed by atoms with van der Waals surface area (Å²) in [6.45, 7) is 3.70. The van der Waals surface area contributed by atoms with Crippen LogP contribution < -0.4 is 0 Å². The highest BCUT2D eigenvalue weighted by atomic mass is 16.1. The van der Waals surface area contributed by atoms with Crippen LogP contribution in [0, 0.1) is 6.92 Å². The van der Waals surface area contributed by atoms with Crippen molar-refractivity contribution in [3.05, 3.63) is 95.1 Å². The molecule has 0 aliphatic carbocycles. The van der Waals surface area contributed by atoms with Crippen LogP contribution >= 0.6 is 0 Å². The van der Waals surface area contributed by atoms with Crippen molar-refractivity contribution in [2.45, 2.75) is 20.3 Å². The van der Waals surface area contributed by atoms with Crippen LogP contribution in [0.5, 0.6) is 0 Å². The van der Waals surface area contributed by atoms with Gasteiger partial charge in [-0.1, -0.05) is 78.4 Å². The lowest BCUT2D eigenvalue weighted by Gasteiger charge is -2.11. The molecule has 0 heterocycles. The molecule has 23 heavy (non-hydrogen) atoms. The first-order valence-electron chi connectivity index (χ1n) is 7.88. The average Bonchev–Trinajstić information content (AvgIpc) is 2.57. The van der Waals surface area contributed by atoms with Gasteiger partial charge in [-0.25, -0.2) is 0 Å². The summed E-state index contributed by atoms with van der Waals surface area (Å²) in [4.78, 5) is 11.4. The van der Waals surface area contributed by atoms with Crippen LogP contribution in [-0.2, 0) is 6.42 Å². The molecule has 1 nitrogen and oxygen atoms in total. The topological polar surface area (TPSA) is 17.1 Å². The van der Waals surface area contributed by atoms with Crippen molar-refractivity contribution < 1.29 is 4.79 Å². The van der Waals surface area contributed by atoms with Gasteiger partial charge in [0.15, 0.2) is 5.78 Å². The van der Waals surface area contributed by atoms with Crippen molar-refractivity contribution in [3.63, 3.8) is 0 Å². The van der Waals surface area contributed by atoms with Gasteiger partial charge in [0.05, 0.1) is 0 Å². The van der Waals surface area contributed by atoms with Crippen LogP contribution in [0.2, 0.25) is 0 Å². The van der Waals surface area contributed by atoms with E-state index in [4.69, 9.17) is 0 Å². The number of aryl methyl sites for hydroxylation is 1. The van der Waals surface area contributed by atoms with Gasteiger partial charge in [-0.3, -0.25) is 4.79 Å². The number of Topliss-reactive ketones (excluding diaryl/α,β-unsaturated/α-hetero) is 1. The minimum atomic E-state index is 0.101. The molecule has 3 aromatic rings. The molecule has 0 fully saturated rings. The first kappa shape index (κ1) is 15.2. The van der Waals surface area contributed by atoms with Crippen LogP contribution in [0.25, 0.3) is 11.1 Å². The summed E-state index contributed by atoms with van der Waals surface area (Å²) in [5.41, 5.74) is 7.02. The maximum atomic E-state index is 11.4. The number of hydrogen-bond acceptors (Lipinski definition) is 1. The minimum Gasteiger partial charge on any atom is -0.295 e. The molecule has 0 saturated carbocycles. The Kier molecular flexibility index (Phi) is 4.38. The number of ketones is 1. The Bertz CT molecular complexity index is 811. The summed E-state index contributed by atoms with van der Waals surface area (Å²) < 4.78 is 0. The zero-order valence-electron chi connectivity index (χ0n) is 13.5. The number of rotatable bonds is 4. The SMILES string of the molecule is CC(=O)c1ccc(-c2ccccc2Cc2ccc(C)cc2)cc1. The van der Waals surface area contributed by atoms with E-state index in [1.807, 2.05) is 24.3 Å². The Morgan fingerprint density at radius 2 is 1.48 bits per heavy atom. The van der Waals surface area contributed by atoms with Crippen molar-refractivity contribution >= 4 is 5.78 Å². The Labute approximate surface area is 137 Å². The quantitative estimate of drug-likeness (QED) is 0.585. The third-order valence-electron chi connectivity index (χ3n) is 4.13. The molecule has 0 spiro atoms. The lowest BCUT2D eigenvalue weighted by Crippen LogP contribution is -1.94. The Balaban J connectivity index is 1.94. The first-order valence-corrected chi connectivity index (χ1v) is 7.88. The molecule has 0 N–H and O–H groups in total. The summed E-state index contributed by atoms with van der Waals surface area (Å²) in [6.07, 6.45) is 0.908. The van der Waals surface area contributed by atoms with E-state index in [9.17, 15) is 4.79 Å². The molecule has 3 aromatic carbocycles. The zero-order valence-corrected chi connectivity index (χ0v) is 13.5. The second-order valence-corrected chi connectivity index (χ2v) is 5.95. The summed E-state index contributed by atoms with van der Waals surface area (Å²) in [6, 6.07) is 25.0. The normalized spacial score (nSPS) is 10.5. The number of carbonyl (C=O) groups excluding carboxylic acids is 1. The molecule has 0 saturated heterocycles. The molecule has 0 radical (unpaired) electrons. The molecule has 0 aliphatic rings. The minimum absolute atomic E-state index is 0.101. The standard InChI is InChI=1S/C22H20O/c1-16-7-9-18(10-8-16)15-21-5-3-4-6-22(21)20-13-11-19(12-14-20)17(2)23/h3-14H,15H2,1-2H3. The zero-order chi connectivity index (χ0) is 16.2. The van der Waals surface area contributed by atoms with Crippen LogP contribution in [-0.4, -0.2) is 5.78 Å². The van der Waals surface area contributed by atoms with Gasteiger partial charge < -0.3 is 0 Å². The van der Waals surface area contributed by atoms with E-state index in [1.165, 1.54) is 22.3 Å². The largest absolute Gasteiger partial charge is 0.295 e. The number of carbonyl (C=O) groups is 1. The van der Waals surface area contributed by atoms with Gasteiger partial charge in [-0.2, -0.15) is 0 Å². The summed E-state index contributed by atoms with van der Waals surface area (Å²) in [7, 11) is 0. The van der Waals surface area contributed by atoms with Crippen LogP contribution in [0.4, 0.5) is 0 Å². The fourth-order valence-corrected chi connectivity index (χ4v) is 2.77. The van der Waals surface area contributed by atoms with E-state index in [0.29, 0.717) is 0 Å². The van der Waals surface area contributed by atoms with Crippen molar-refractivity contribution in [1.29, 1.82) is 0 Å². The Morgan fingerprint density at radius 1 is 0.826 bits per heavy atom. The third kappa shape index (κ3) is 3.57. The van der Waals surface area contributed by atoms with E-state index in [1.54, 1.807) is 6.92 Å². The van der Waals surface area contributed by atoms with Gasteiger partial charge in [0.2, 0.25) is 0 Å². The van der Waals surface area contributed by atoms with Crippen LogP contribution in [0.15, 0.2) is 72.8 Å². The number of benzene rings is 3. The molecule has 0 atom stereocenters. The highest BCUT2D eigenvalue weighted by Crippen LogP contribution is 2.26. The predicted molar refractivity (Wildman–Crippen MR) is 95.9 cm³/mol. The summed E-state index contributed by atoms with van der Waals surface area (Å²) >= 11 is 0. The molecule has 0 aromatic heterocycles. The van der Waals surface area contributed by atoms with Crippen molar-refractivity contribution in [2.75, 3.05) is 0 Å². The molecule has 3 rings (SSSR count). The van der Waals surface area contributed by atoms with Crippen LogP contribution in [0.3, 0.4) is 0 Å². The lowest BCUT2D eigenvalue weighted by molar-refractivity contribution is 0.101. The lowest BCUT2D eigenvalue weighted by atomic mass is 9.94. The maximum Gasteiger partial charge on any atom is 0.159 e. The van der Waals surface area contributed by atoms with Crippen molar-refractivity contribution in [1.82, 2.24) is 0 Å². The van der Waals surface area contributed by atoms with E-state index in [2.05, 4.69) is 55.5 Å². The average molecular weight is 300 g/mol. The second-order valence-electron chi connectivity index (χ2n) is 5.95. The molecule has 1 heteroatoms. The number of hydrogen-bond donors (Lipinski definition) is 0. The fraction of sp³-hybridized carbons (Fsp3) is 0.136. The fourth-order valence-electron chi connectivity index (χ4n) is 2.77. The molecular weight excluding hydrogens is 280 g/mol. The Morgan fingerprint density at radius 3 is 2.13 bits per heavy atom. The molecule has 0 aliphatic heterocycles. The monoisotopic (exact) mass is 300 g/mol. The van der Waals surface area contributed by atoms with E-state index >= 15 is 0 Å². The summed E-state index contributed by atoms with van der Waals surface area (Å²) in [5, 5.41) is 0. The van der Waals surface area contributed by atoms with Gasteiger partial charge in [-0.05, 0) is 42.5 Å². The van der Waals surface area contributed by atoms with Crippen LogP contribution in [0.1, 0.15) is 34.0 Å². The molecule has 0 unspecified atom stereocenters. The Hall–Kier alpha value is -2.67. The highest BCUT2D eigenvalue weighted by molar-refractivity contribution is 5.94. The third-order valence-corrected chi connectivity index (χ3v) is 4.13. The van der Waals surface area contributed by atoms with E-state index in [-0.39, 0.29) is 5.78 Å². The molecule has 0 bridgehead atoms. The van der Waals surface area contributed by atoms with Gasteiger partial charge >= 0.3 is 0 Å². The van der Waals surface area contributed by atoms with E-state index in [0.717, 1.165) is 17.5 Å². The van der Waals surface area contributed by atoms with Crippen molar-refractivity contribution in [3.8, 4) is 11.1 Å². The van der Waals surface area contributed by atoms with Gasteiger partial charge in [0.25, 0.3) is 0 Å². The predicted octanol–water partition coefficient (Wildman–Crippen LogP) is 5.46. The molecular formula is C22H20O. The smallest absolute Gasteiger partial charge is 0.159 e. The summed E-state index contributed by atoms with van der Waals surface area (Å²) in [5.74, 6) is 0.101. The second kappa shape index (κ2) is 6.62. The maximum absolute atomic E-state index is 11.4. The van der Waals surface area contributed by atoms with Gasteiger partial charge in [0.1, 0.15) is 0 Å². The van der Waals surface area contributed by atoms with Gasteiger partial charge in [-0.15, -0.1) is 0 Å². The van der Waals surface area contributed by atoms with Crippen molar-refractivity contribution in [2.24, 2.45) is 0 Å². The first-order chi connectivity index (χ1) is 11.1. The molecule has 114 valence electrons.